The molecule has 0 radical (unpaired) electrons. The minimum Gasteiger partial charge on any atom is -0.484 e. The van der Waals surface area contributed by atoms with E-state index in [4.69, 9.17) is 4.74 Å². The van der Waals surface area contributed by atoms with Gasteiger partial charge in [0.1, 0.15) is 5.75 Å². The van der Waals surface area contributed by atoms with Crippen molar-refractivity contribution in [2.75, 3.05) is 13.2 Å². The minimum absolute atomic E-state index is 0.0760. The Morgan fingerprint density at radius 3 is 2.75 bits per heavy atom. The van der Waals surface area contributed by atoms with Gasteiger partial charge in [0.05, 0.1) is 4.92 Å². The van der Waals surface area contributed by atoms with Crippen LogP contribution < -0.4 is 10.1 Å². The summed E-state index contributed by atoms with van der Waals surface area (Å²) in [4.78, 5) is 21.0. The van der Waals surface area contributed by atoms with E-state index in [1.165, 1.54) is 6.07 Å². The molecule has 0 aromatic heterocycles. The summed E-state index contributed by atoms with van der Waals surface area (Å²) in [7, 11) is 0. The molecule has 0 heterocycles. The number of hydrogen-bond donors (Lipinski definition) is 1. The van der Waals surface area contributed by atoms with E-state index in [1.807, 2.05) is 13.8 Å². The van der Waals surface area contributed by atoms with Gasteiger partial charge in [0.15, 0.2) is 6.61 Å². The molecule has 0 aliphatic heterocycles. The molecular formula is C13H17FN2O4. The van der Waals surface area contributed by atoms with Crippen LogP contribution in [0, 0.1) is 21.8 Å². The van der Waals surface area contributed by atoms with Crippen molar-refractivity contribution in [2.24, 2.45) is 5.92 Å². The van der Waals surface area contributed by atoms with Crippen LogP contribution in [0.25, 0.3) is 0 Å². The first-order valence-electron chi connectivity index (χ1n) is 6.23. The van der Waals surface area contributed by atoms with Crippen LogP contribution >= 0.6 is 0 Å². The average Bonchev–Trinajstić information content (AvgIpc) is 2.35. The van der Waals surface area contributed by atoms with E-state index >= 15 is 0 Å². The largest absolute Gasteiger partial charge is 0.484 e. The van der Waals surface area contributed by atoms with E-state index in [1.54, 1.807) is 0 Å². The summed E-state index contributed by atoms with van der Waals surface area (Å²) in [5, 5.41) is 13.1. The molecule has 7 heteroatoms. The van der Waals surface area contributed by atoms with Gasteiger partial charge in [-0.2, -0.15) is 4.39 Å². The number of rotatable bonds is 7. The Bertz CT molecular complexity index is 491. The van der Waals surface area contributed by atoms with Crippen LogP contribution in [0.4, 0.5) is 10.1 Å². The first-order chi connectivity index (χ1) is 9.40. The van der Waals surface area contributed by atoms with Gasteiger partial charge < -0.3 is 10.1 Å². The van der Waals surface area contributed by atoms with Crippen LogP contribution in [0.15, 0.2) is 18.2 Å². The lowest BCUT2D eigenvalue weighted by Crippen LogP contribution is -2.30. The highest BCUT2D eigenvalue weighted by molar-refractivity contribution is 5.77. The van der Waals surface area contributed by atoms with Crippen molar-refractivity contribution in [3.8, 4) is 5.75 Å². The van der Waals surface area contributed by atoms with Crippen molar-refractivity contribution >= 4 is 11.6 Å². The summed E-state index contributed by atoms with van der Waals surface area (Å²) in [6.07, 6.45) is 0.859. The second kappa shape index (κ2) is 7.42. The number of amides is 1. The number of carbonyl (C=O) groups excluding carboxylic acids is 1. The normalized spacial score (nSPS) is 10.4. The number of nitrogens with one attached hydrogen (secondary N) is 1. The number of nitro benzene ring substituents is 1. The molecular weight excluding hydrogens is 267 g/mol. The maximum atomic E-state index is 13.3. The smallest absolute Gasteiger partial charge is 0.305 e. The molecule has 0 fully saturated rings. The van der Waals surface area contributed by atoms with Gasteiger partial charge in [0.2, 0.25) is 5.82 Å². The second-order valence-electron chi connectivity index (χ2n) is 4.69. The third-order valence-electron chi connectivity index (χ3n) is 2.53. The van der Waals surface area contributed by atoms with Gasteiger partial charge in [0, 0.05) is 18.7 Å². The molecule has 0 saturated heterocycles. The fraction of sp³-hybridized carbons (Fsp3) is 0.462. The molecule has 0 saturated carbocycles. The van der Waals surface area contributed by atoms with E-state index in [9.17, 15) is 19.3 Å². The van der Waals surface area contributed by atoms with Crippen LogP contribution in [-0.2, 0) is 4.79 Å². The number of hydrogen-bond acceptors (Lipinski definition) is 4. The summed E-state index contributed by atoms with van der Waals surface area (Å²) >= 11 is 0. The highest BCUT2D eigenvalue weighted by atomic mass is 19.1. The average molecular weight is 284 g/mol. The standard InChI is InChI=1S/C13H17FN2O4/c1-9(2)5-6-15-13(17)8-20-10-3-4-12(16(18)19)11(14)7-10/h3-4,7,9H,5-6,8H2,1-2H3,(H,15,17). The summed E-state index contributed by atoms with van der Waals surface area (Å²) in [5.41, 5.74) is -0.626. The lowest BCUT2D eigenvalue weighted by Gasteiger charge is -2.08. The van der Waals surface area contributed by atoms with Crippen molar-refractivity contribution in [2.45, 2.75) is 20.3 Å². The summed E-state index contributed by atoms with van der Waals surface area (Å²) < 4.78 is 18.4. The van der Waals surface area contributed by atoms with Gasteiger partial charge in [-0.1, -0.05) is 13.8 Å². The zero-order valence-electron chi connectivity index (χ0n) is 11.4. The Labute approximate surface area is 116 Å². The lowest BCUT2D eigenvalue weighted by atomic mass is 10.1. The Hall–Kier alpha value is -2.18. The minimum atomic E-state index is -0.993. The fourth-order valence-electron chi connectivity index (χ4n) is 1.43. The Morgan fingerprint density at radius 2 is 2.20 bits per heavy atom. The van der Waals surface area contributed by atoms with Gasteiger partial charge in [-0.15, -0.1) is 0 Å². The predicted molar refractivity (Wildman–Crippen MR) is 71.0 cm³/mol. The van der Waals surface area contributed by atoms with Crippen molar-refractivity contribution in [1.29, 1.82) is 0 Å². The summed E-state index contributed by atoms with van der Waals surface area (Å²) in [5.74, 6) is -0.746. The predicted octanol–water partition coefficient (Wildman–Crippen LogP) is 2.28. The maximum Gasteiger partial charge on any atom is 0.305 e. The fourth-order valence-corrected chi connectivity index (χ4v) is 1.43. The zero-order chi connectivity index (χ0) is 15.1. The van der Waals surface area contributed by atoms with Gasteiger partial charge in [0.25, 0.3) is 5.91 Å². The monoisotopic (exact) mass is 284 g/mol. The molecule has 1 amide bonds. The van der Waals surface area contributed by atoms with E-state index in [-0.39, 0.29) is 18.3 Å². The van der Waals surface area contributed by atoms with Crippen LogP contribution in [0.2, 0.25) is 0 Å². The van der Waals surface area contributed by atoms with E-state index in [0.29, 0.717) is 12.5 Å². The summed E-state index contributed by atoms with van der Waals surface area (Å²) in [6.45, 7) is 4.38. The molecule has 0 aliphatic carbocycles. The van der Waals surface area contributed by atoms with Crippen molar-refractivity contribution < 1.29 is 18.8 Å². The maximum absolute atomic E-state index is 13.3. The number of ether oxygens (including phenoxy) is 1. The molecule has 1 aromatic rings. The van der Waals surface area contributed by atoms with Crippen molar-refractivity contribution in [3.63, 3.8) is 0 Å². The number of nitrogens with zero attached hydrogens (tertiary/aromatic N) is 1. The van der Waals surface area contributed by atoms with E-state index in [0.717, 1.165) is 18.6 Å². The van der Waals surface area contributed by atoms with Gasteiger partial charge in [-0.05, 0) is 18.4 Å². The van der Waals surface area contributed by atoms with Gasteiger partial charge in [-0.25, -0.2) is 0 Å². The molecule has 0 unspecified atom stereocenters. The molecule has 0 bridgehead atoms. The molecule has 6 nitrogen and oxygen atoms in total. The van der Waals surface area contributed by atoms with E-state index < -0.39 is 16.4 Å². The third kappa shape index (κ3) is 5.21. The third-order valence-corrected chi connectivity index (χ3v) is 2.53. The summed E-state index contributed by atoms with van der Waals surface area (Å²) in [6, 6.07) is 3.14. The highest BCUT2D eigenvalue weighted by Gasteiger charge is 2.14. The van der Waals surface area contributed by atoms with Crippen molar-refractivity contribution in [3.05, 3.63) is 34.1 Å². The van der Waals surface area contributed by atoms with E-state index in [2.05, 4.69) is 5.32 Å². The Balaban J connectivity index is 2.44. The molecule has 110 valence electrons. The first kappa shape index (κ1) is 15.9. The van der Waals surface area contributed by atoms with Crippen LogP contribution in [-0.4, -0.2) is 24.0 Å². The van der Waals surface area contributed by atoms with Crippen LogP contribution in [0.1, 0.15) is 20.3 Å². The number of benzene rings is 1. The number of halogens is 1. The van der Waals surface area contributed by atoms with Gasteiger partial charge in [-0.3, -0.25) is 14.9 Å². The quantitative estimate of drug-likeness (QED) is 0.615. The molecule has 0 atom stereocenters. The molecule has 1 aromatic carbocycles. The molecule has 0 spiro atoms. The second-order valence-corrected chi connectivity index (χ2v) is 4.69. The van der Waals surface area contributed by atoms with Crippen LogP contribution in [0.3, 0.4) is 0 Å². The van der Waals surface area contributed by atoms with Crippen molar-refractivity contribution in [1.82, 2.24) is 5.32 Å². The first-order valence-corrected chi connectivity index (χ1v) is 6.23. The Kier molecular flexibility index (Phi) is 5.89. The number of nitro groups is 1. The molecule has 0 aliphatic rings. The topological polar surface area (TPSA) is 81.5 Å². The number of carbonyl (C=O) groups is 1. The molecule has 20 heavy (non-hydrogen) atoms. The van der Waals surface area contributed by atoms with Gasteiger partial charge >= 0.3 is 5.69 Å². The highest BCUT2D eigenvalue weighted by Crippen LogP contribution is 2.22. The van der Waals surface area contributed by atoms with Crippen LogP contribution in [0.5, 0.6) is 5.75 Å². The zero-order valence-corrected chi connectivity index (χ0v) is 11.4. The SMILES string of the molecule is CC(C)CCNC(=O)COc1ccc([N+](=O)[O-])c(F)c1. The molecule has 1 rings (SSSR count). The lowest BCUT2D eigenvalue weighted by molar-refractivity contribution is -0.387. The Morgan fingerprint density at radius 1 is 1.50 bits per heavy atom. The molecule has 1 N–H and O–H groups in total.